The van der Waals surface area contributed by atoms with E-state index >= 15 is 0 Å². The van der Waals surface area contributed by atoms with Gasteiger partial charge < -0.3 is 19.5 Å². The number of para-hydroxylation sites is 1. The van der Waals surface area contributed by atoms with Crippen molar-refractivity contribution in [2.75, 3.05) is 26.2 Å². The molecule has 2 aliphatic rings. The van der Waals surface area contributed by atoms with Gasteiger partial charge in [-0.05, 0) is 49.6 Å². The second kappa shape index (κ2) is 7.03. The molecule has 5 heteroatoms. The molecule has 30 heavy (non-hydrogen) atoms. The quantitative estimate of drug-likeness (QED) is 0.727. The van der Waals surface area contributed by atoms with Crippen LogP contribution < -0.4 is 0 Å². The van der Waals surface area contributed by atoms with Crippen LogP contribution in [0.4, 0.5) is 0 Å². The lowest BCUT2D eigenvalue weighted by molar-refractivity contribution is -0.143. The molecule has 0 unspecified atom stereocenters. The van der Waals surface area contributed by atoms with Gasteiger partial charge in [-0.1, -0.05) is 36.9 Å². The van der Waals surface area contributed by atoms with Crippen LogP contribution in [-0.2, 0) is 4.79 Å². The molecule has 1 saturated carbocycles. The number of nitrogens with zero attached hydrogens (tertiary/aromatic N) is 3. The predicted molar refractivity (Wildman–Crippen MR) is 119 cm³/mol. The van der Waals surface area contributed by atoms with Crippen molar-refractivity contribution < 1.29 is 9.90 Å². The van der Waals surface area contributed by atoms with E-state index in [0.29, 0.717) is 25.9 Å². The van der Waals surface area contributed by atoms with E-state index in [1.807, 2.05) is 0 Å². The van der Waals surface area contributed by atoms with E-state index in [0.717, 1.165) is 30.0 Å². The predicted octanol–water partition coefficient (Wildman–Crippen LogP) is 3.58. The molecule has 1 N–H and O–H groups in total. The average molecular weight is 402 g/mol. The Kier molecular flexibility index (Phi) is 4.44. The van der Waals surface area contributed by atoms with Crippen molar-refractivity contribution in [3.63, 3.8) is 0 Å². The van der Waals surface area contributed by atoms with E-state index in [4.69, 9.17) is 0 Å². The van der Waals surface area contributed by atoms with Crippen molar-refractivity contribution in [2.24, 2.45) is 0 Å². The largest absolute Gasteiger partial charge is 0.380 e. The molecule has 1 aromatic heterocycles. The number of benzene rings is 2. The zero-order valence-electron chi connectivity index (χ0n) is 17.3. The number of aryl methyl sites for hydroxylation is 1. The number of hydrogen-bond acceptors (Lipinski definition) is 3. The van der Waals surface area contributed by atoms with E-state index in [1.165, 1.54) is 16.6 Å². The Balaban J connectivity index is 1.29. The highest BCUT2D eigenvalue weighted by Gasteiger charge is 2.50. The third-order valence-corrected chi connectivity index (χ3v) is 6.42. The first kappa shape index (κ1) is 18.9. The summed E-state index contributed by atoms with van der Waals surface area (Å²) in [4.78, 5) is 16.4. The lowest BCUT2D eigenvalue weighted by Gasteiger charge is -2.38. The van der Waals surface area contributed by atoms with Crippen molar-refractivity contribution in [3.05, 3.63) is 72.4 Å². The Morgan fingerprint density at radius 2 is 1.60 bits per heavy atom. The van der Waals surface area contributed by atoms with E-state index in [2.05, 4.69) is 77.6 Å². The highest BCUT2D eigenvalue weighted by atomic mass is 16.3. The lowest BCUT2D eigenvalue weighted by Crippen LogP contribution is -2.51. The number of hydrogen-bond donors (Lipinski definition) is 1. The van der Waals surface area contributed by atoms with Gasteiger partial charge in [-0.15, -0.1) is 0 Å². The van der Waals surface area contributed by atoms with Crippen LogP contribution in [0.15, 0.2) is 61.2 Å². The molecule has 1 saturated heterocycles. The van der Waals surface area contributed by atoms with Gasteiger partial charge in [0.05, 0.1) is 5.52 Å². The molecule has 1 aliphatic carbocycles. The Bertz CT molecular complexity index is 1120. The standard InChI is InChI=1S/C25H27N3O2/c1-18-17-21-5-3-4-6-23(21)28(18)22-9-7-20(8-10-22)19(2)26-13-15-27(16-14-26)24(29)25(30)11-12-25/h3-10,17,30H,2,11-16H2,1H3. The summed E-state index contributed by atoms with van der Waals surface area (Å²) in [6.45, 7) is 9.18. The molecule has 1 amide bonds. The van der Waals surface area contributed by atoms with E-state index in [9.17, 15) is 9.90 Å². The van der Waals surface area contributed by atoms with E-state index in [1.54, 1.807) is 4.90 Å². The minimum absolute atomic E-state index is 0.105. The second-order valence-corrected chi connectivity index (χ2v) is 8.48. The Labute approximate surface area is 176 Å². The maximum Gasteiger partial charge on any atom is 0.254 e. The number of rotatable bonds is 4. The maximum absolute atomic E-state index is 12.3. The summed E-state index contributed by atoms with van der Waals surface area (Å²) in [5.41, 5.74) is 4.55. The van der Waals surface area contributed by atoms with Gasteiger partial charge in [0, 0.05) is 48.6 Å². The molecule has 0 atom stereocenters. The Hall–Kier alpha value is -3.05. The molecule has 0 bridgehead atoms. The number of carbonyl (C=O) groups is 1. The fraction of sp³-hybridized carbons (Fsp3) is 0.320. The first-order valence-corrected chi connectivity index (χ1v) is 10.6. The molecule has 1 aliphatic heterocycles. The van der Waals surface area contributed by atoms with Gasteiger partial charge in [0.1, 0.15) is 5.60 Å². The molecule has 5 nitrogen and oxygen atoms in total. The van der Waals surface area contributed by atoms with Gasteiger partial charge in [0.25, 0.3) is 5.91 Å². The molecule has 3 aromatic rings. The number of carbonyl (C=O) groups excluding carboxylic acids is 1. The summed E-state index contributed by atoms with van der Waals surface area (Å²) in [6.07, 6.45) is 1.20. The van der Waals surface area contributed by atoms with E-state index < -0.39 is 5.60 Å². The van der Waals surface area contributed by atoms with Crippen LogP contribution in [0, 0.1) is 6.92 Å². The molecule has 2 aromatic carbocycles. The van der Waals surface area contributed by atoms with Gasteiger partial charge in [-0.2, -0.15) is 0 Å². The third-order valence-electron chi connectivity index (χ3n) is 6.42. The number of amides is 1. The zero-order valence-corrected chi connectivity index (χ0v) is 17.3. The third kappa shape index (κ3) is 3.19. The highest BCUT2D eigenvalue weighted by Crippen LogP contribution is 2.37. The SMILES string of the molecule is C=C(c1ccc(-n2c(C)cc3ccccc32)cc1)N1CCN(C(=O)C2(O)CC2)CC1. The fourth-order valence-corrected chi connectivity index (χ4v) is 4.43. The number of aliphatic hydroxyl groups is 1. The maximum atomic E-state index is 12.3. The highest BCUT2D eigenvalue weighted by molar-refractivity contribution is 5.88. The minimum Gasteiger partial charge on any atom is -0.380 e. The van der Waals surface area contributed by atoms with Crippen molar-refractivity contribution in [3.8, 4) is 5.69 Å². The van der Waals surface area contributed by atoms with Crippen molar-refractivity contribution in [1.29, 1.82) is 0 Å². The lowest BCUT2D eigenvalue weighted by atomic mass is 10.1. The van der Waals surface area contributed by atoms with E-state index in [-0.39, 0.29) is 5.91 Å². The second-order valence-electron chi connectivity index (χ2n) is 8.48. The van der Waals surface area contributed by atoms with Crippen LogP contribution in [0.2, 0.25) is 0 Å². The average Bonchev–Trinajstić information content (AvgIpc) is 3.44. The van der Waals surface area contributed by atoms with Crippen molar-refractivity contribution >= 4 is 22.5 Å². The molecule has 5 rings (SSSR count). The van der Waals surface area contributed by atoms with Crippen LogP contribution in [0.25, 0.3) is 22.3 Å². The number of fused-ring (bicyclic) bond motifs is 1. The van der Waals surface area contributed by atoms with Gasteiger partial charge in [0.15, 0.2) is 0 Å². The number of aromatic nitrogens is 1. The fourth-order valence-electron chi connectivity index (χ4n) is 4.43. The summed E-state index contributed by atoms with van der Waals surface area (Å²) >= 11 is 0. The van der Waals surface area contributed by atoms with Crippen LogP contribution in [0.5, 0.6) is 0 Å². The zero-order chi connectivity index (χ0) is 20.9. The minimum atomic E-state index is -1.07. The topological polar surface area (TPSA) is 48.7 Å². The summed E-state index contributed by atoms with van der Waals surface area (Å²) in [5, 5.41) is 11.3. The van der Waals surface area contributed by atoms with Gasteiger partial charge in [-0.3, -0.25) is 4.79 Å². The molecule has 2 fully saturated rings. The van der Waals surface area contributed by atoms with Gasteiger partial charge >= 0.3 is 0 Å². The first-order chi connectivity index (χ1) is 14.5. The van der Waals surface area contributed by atoms with Gasteiger partial charge in [-0.25, -0.2) is 0 Å². The number of piperazine rings is 1. The Morgan fingerprint density at radius 3 is 2.27 bits per heavy atom. The van der Waals surface area contributed by atoms with Crippen molar-refractivity contribution in [1.82, 2.24) is 14.4 Å². The molecule has 154 valence electrons. The van der Waals surface area contributed by atoms with Crippen LogP contribution >= 0.6 is 0 Å². The summed E-state index contributed by atoms with van der Waals surface area (Å²) < 4.78 is 2.27. The molecular formula is C25H27N3O2. The first-order valence-electron chi connectivity index (χ1n) is 10.6. The monoisotopic (exact) mass is 401 g/mol. The van der Waals surface area contributed by atoms with Crippen LogP contribution in [0.3, 0.4) is 0 Å². The molecule has 0 radical (unpaired) electrons. The molecule has 0 spiro atoms. The van der Waals surface area contributed by atoms with Gasteiger partial charge in [0.2, 0.25) is 0 Å². The Morgan fingerprint density at radius 1 is 0.967 bits per heavy atom. The van der Waals surface area contributed by atoms with Crippen LogP contribution in [-0.4, -0.2) is 57.2 Å². The molecule has 2 heterocycles. The summed E-state index contributed by atoms with van der Waals surface area (Å²) in [5.74, 6) is -0.105. The summed E-state index contributed by atoms with van der Waals surface area (Å²) in [6, 6.07) is 19.2. The molecular weight excluding hydrogens is 374 g/mol. The van der Waals surface area contributed by atoms with Crippen LogP contribution in [0.1, 0.15) is 24.1 Å². The normalized spacial score (nSPS) is 17.9. The summed E-state index contributed by atoms with van der Waals surface area (Å²) in [7, 11) is 0. The smallest absolute Gasteiger partial charge is 0.254 e. The van der Waals surface area contributed by atoms with Crippen molar-refractivity contribution in [2.45, 2.75) is 25.4 Å².